The smallest absolute Gasteiger partial charge is 0.225 e. The molecule has 0 N–H and O–H groups in total. The molecule has 1 amide bonds. The third kappa shape index (κ3) is 3.96. The second kappa shape index (κ2) is 8.28. The van der Waals surface area contributed by atoms with E-state index in [4.69, 9.17) is 19.6 Å². The number of hydrogen-bond acceptors (Lipinski definition) is 6. The summed E-state index contributed by atoms with van der Waals surface area (Å²) in [5.74, 6) is 1.68. The van der Waals surface area contributed by atoms with Crippen molar-refractivity contribution in [2.45, 2.75) is 31.6 Å². The van der Waals surface area contributed by atoms with Gasteiger partial charge in [-0.05, 0) is 37.8 Å². The number of carbonyl (C=O) groups excluding carboxylic acids is 1. The molecule has 0 aliphatic carbocycles. The number of carbonyl (C=O) groups is 1. The third-order valence-electron chi connectivity index (χ3n) is 6.45. The number of nitrogens with zero attached hydrogens (tertiary/aromatic N) is 5. The van der Waals surface area contributed by atoms with Gasteiger partial charge in [0.15, 0.2) is 11.5 Å². The quantitative estimate of drug-likeness (QED) is 0.782. The Kier molecular flexibility index (Phi) is 5.37. The number of ether oxygens (including phenoxy) is 2. The van der Waals surface area contributed by atoms with E-state index >= 15 is 0 Å². The van der Waals surface area contributed by atoms with Crippen molar-refractivity contribution in [1.29, 1.82) is 0 Å². The van der Waals surface area contributed by atoms with Crippen molar-refractivity contribution in [2.24, 2.45) is 5.92 Å². The first-order valence-electron chi connectivity index (χ1n) is 10.8. The fraction of sp³-hybridized carbons (Fsp3) is 0.667. The van der Waals surface area contributed by atoms with Gasteiger partial charge in [0.05, 0.1) is 25.1 Å². The minimum atomic E-state index is 0.146. The highest BCUT2D eigenvalue weighted by molar-refractivity contribution is 5.79. The van der Waals surface area contributed by atoms with E-state index in [1.807, 2.05) is 15.5 Å². The van der Waals surface area contributed by atoms with Crippen molar-refractivity contribution in [3.8, 4) is 0 Å². The molecule has 8 nitrogen and oxygen atoms in total. The van der Waals surface area contributed by atoms with Gasteiger partial charge in [-0.3, -0.25) is 4.79 Å². The zero-order valence-electron chi connectivity index (χ0n) is 16.8. The monoisotopic (exact) mass is 399 g/mol. The van der Waals surface area contributed by atoms with Crippen molar-refractivity contribution in [3.05, 3.63) is 24.2 Å². The van der Waals surface area contributed by atoms with Crippen LogP contribution >= 0.6 is 0 Å². The van der Waals surface area contributed by atoms with Gasteiger partial charge in [-0.2, -0.15) is 5.10 Å². The molecule has 0 atom stereocenters. The summed E-state index contributed by atoms with van der Waals surface area (Å²) in [4.78, 5) is 21.9. The molecule has 2 aromatic heterocycles. The summed E-state index contributed by atoms with van der Waals surface area (Å²) in [6.07, 6.45) is 5.65. The van der Waals surface area contributed by atoms with Crippen LogP contribution in [0.3, 0.4) is 0 Å². The number of pyridine rings is 1. The SMILES string of the molecule is O=C(C1CCOCC1)N1CCC(c2nc3ccc(N4CCOCC4)cn3n2)CC1. The molecule has 3 aliphatic rings. The summed E-state index contributed by atoms with van der Waals surface area (Å²) in [7, 11) is 0. The number of hydrogen-bond donors (Lipinski definition) is 0. The topological polar surface area (TPSA) is 72.2 Å². The van der Waals surface area contributed by atoms with Gasteiger partial charge in [-0.1, -0.05) is 0 Å². The maximum atomic E-state index is 12.7. The lowest BCUT2D eigenvalue weighted by atomic mass is 9.93. The van der Waals surface area contributed by atoms with Crippen LogP contribution in [0, 0.1) is 5.92 Å². The lowest BCUT2D eigenvalue weighted by molar-refractivity contribution is -0.139. The standard InChI is InChI=1S/C21H29N5O3/c27-21(17-5-11-28-12-6-17)25-7-3-16(4-8-25)20-22-19-2-1-18(15-26(19)23-20)24-9-13-29-14-10-24/h1-2,15-17H,3-14H2. The Bertz CT molecular complexity index is 849. The van der Waals surface area contributed by atoms with E-state index in [0.29, 0.717) is 25.0 Å². The van der Waals surface area contributed by atoms with Crippen LogP contribution in [0.2, 0.25) is 0 Å². The summed E-state index contributed by atoms with van der Waals surface area (Å²) >= 11 is 0. The van der Waals surface area contributed by atoms with Crippen LogP contribution in [-0.2, 0) is 14.3 Å². The molecule has 8 heteroatoms. The first-order chi connectivity index (χ1) is 14.3. The molecule has 0 radical (unpaired) electrons. The largest absolute Gasteiger partial charge is 0.381 e. The lowest BCUT2D eigenvalue weighted by Gasteiger charge is -2.34. The van der Waals surface area contributed by atoms with Crippen molar-refractivity contribution in [3.63, 3.8) is 0 Å². The van der Waals surface area contributed by atoms with Crippen molar-refractivity contribution in [2.75, 3.05) is 57.5 Å². The number of aromatic nitrogens is 3. The Balaban J connectivity index is 1.24. The van der Waals surface area contributed by atoms with Crippen molar-refractivity contribution < 1.29 is 14.3 Å². The third-order valence-corrected chi connectivity index (χ3v) is 6.45. The minimum absolute atomic E-state index is 0.146. The molecule has 0 unspecified atom stereocenters. The maximum absolute atomic E-state index is 12.7. The van der Waals surface area contributed by atoms with E-state index in [1.54, 1.807) is 0 Å². The molecular weight excluding hydrogens is 370 g/mol. The predicted octanol–water partition coefficient (Wildman–Crippen LogP) is 1.70. The summed E-state index contributed by atoms with van der Waals surface area (Å²) < 4.78 is 12.7. The van der Waals surface area contributed by atoms with Gasteiger partial charge in [-0.15, -0.1) is 0 Å². The average Bonchev–Trinajstić information content (AvgIpc) is 3.23. The van der Waals surface area contributed by atoms with Crippen LogP contribution in [0.5, 0.6) is 0 Å². The number of amides is 1. The van der Waals surface area contributed by atoms with Crippen LogP contribution in [0.15, 0.2) is 18.3 Å². The fourth-order valence-corrected chi connectivity index (χ4v) is 4.63. The van der Waals surface area contributed by atoms with Gasteiger partial charge >= 0.3 is 0 Å². The highest BCUT2D eigenvalue weighted by atomic mass is 16.5. The molecule has 3 fully saturated rings. The van der Waals surface area contributed by atoms with E-state index in [9.17, 15) is 4.79 Å². The minimum Gasteiger partial charge on any atom is -0.381 e. The van der Waals surface area contributed by atoms with Crippen LogP contribution in [0.25, 0.3) is 5.65 Å². The molecular formula is C21H29N5O3. The Morgan fingerprint density at radius 2 is 1.66 bits per heavy atom. The Morgan fingerprint density at radius 1 is 0.931 bits per heavy atom. The van der Waals surface area contributed by atoms with E-state index in [2.05, 4.69) is 17.2 Å². The number of piperidine rings is 1. The zero-order valence-corrected chi connectivity index (χ0v) is 16.8. The van der Waals surface area contributed by atoms with Crippen LogP contribution in [0.4, 0.5) is 5.69 Å². The molecule has 3 saturated heterocycles. The van der Waals surface area contributed by atoms with Gasteiger partial charge in [0, 0.05) is 51.2 Å². The predicted molar refractivity (Wildman–Crippen MR) is 108 cm³/mol. The zero-order chi connectivity index (χ0) is 19.6. The van der Waals surface area contributed by atoms with Crippen LogP contribution < -0.4 is 4.90 Å². The molecule has 29 heavy (non-hydrogen) atoms. The van der Waals surface area contributed by atoms with Gasteiger partial charge in [0.2, 0.25) is 5.91 Å². The molecule has 156 valence electrons. The fourth-order valence-electron chi connectivity index (χ4n) is 4.63. The Hall–Kier alpha value is -2.19. The van der Waals surface area contributed by atoms with Crippen molar-refractivity contribution in [1.82, 2.24) is 19.5 Å². The molecule has 5 rings (SSSR count). The molecule has 0 saturated carbocycles. The first kappa shape index (κ1) is 18.8. The lowest BCUT2D eigenvalue weighted by Crippen LogP contribution is -2.42. The summed E-state index contributed by atoms with van der Waals surface area (Å²) in [6, 6.07) is 4.17. The van der Waals surface area contributed by atoms with Crippen LogP contribution in [-0.4, -0.2) is 78.0 Å². The highest BCUT2D eigenvalue weighted by Crippen LogP contribution is 2.28. The number of anilines is 1. The summed E-state index contributed by atoms with van der Waals surface area (Å²) in [5, 5.41) is 4.78. The van der Waals surface area contributed by atoms with Crippen molar-refractivity contribution >= 4 is 17.2 Å². The Morgan fingerprint density at radius 3 is 2.41 bits per heavy atom. The van der Waals surface area contributed by atoms with Gasteiger partial charge in [0.25, 0.3) is 0 Å². The molecule has 0 spiro atoms. The highest BCUT2D eigenvalue weighted by Gasteiger charge is 2.31. The number of likely N-dealkylation sites (tertiary alicyclic amines) is 1. The van der Waals surface area contributed by atoms with Crippen LogP contribution in [0.1, 0.15) is 37.4 Å². The summed E-state index contributed by atoms with van der Waals surface area (Å²) in [6.45, 7) is 6.39. The van der Waals surface area contributed by atoms with Gasteiger partial charge in [-0.25, -0.2) is 9.50 Å². The normalized spacial score (nSPS) is 22.3. The van der Waals surface area contributed by atoms with E-state index in [1.165, 1.54) is 0 Å². The molecule has 5 heterocycles. The Labute approximate surface area is 170 Å². The molecule has 2 aromatic rings. The first-order valence-corrected chi connectivity index (χ1v) is 10.8. The van der Waals surface area contributed by atoms with E-state index in [-0.39, 0.29) is 5.92 Å². The second-order valence-electron chi connectivity index (χ2n) is 8.25. The molecule has 3 aliphatic heterocycles. The molecule has 0 aromatic carbocycles. The van der Waals surface area contributed by atoms with Gasteiger partial charge < -0.3 is 19.3 Å². The number of morpholine rings is 1. The van der Waals surface area contributed by atoms with Gasteiger partial charge in [0.1, 0.15) is 0 Å². The number of fused-ring (bicyclic) bond motifs is 1. The van der Waals surface area contributed by atoms with E-state index in [0.717, 1.165) is 82.2 Å². The van der Waals surface area contributed by atoms with E-state index < -0.39 is 0 Å². The second-order valence-corrected chi connectivity index (χ2v) is 8.25. The number of rotatable bonds is 3. The summed E-state index contributed by atoms with van der Waals surface area (Å²) in [5.41, 5.74) is 2.05. The average molecular weight is 399 g/mol. The maximum Gasteiger partial charge on any atom is 0.225 e. The molecule has 0 bridgehead atoms.